The normalized spacial score (nSPS) is 30.8. The first-order valence-electron chi connectivity index (χ1n) is 8.10. The number of hydrogen-bond acceptors (Lipinski definition) is 3. The monoisotopic (exact) mass is 293 g/mol. The topological polar surface area (TPSA) is 55.4 Å². The summed E-state index contributed by atoms with van der Waals surface area (Å²) in [4.78, 5) is 22.4. The molecule has 2 saturated carbocycles. The maximum atomic E-state index is 11.4. The third kappa shape index (κ3) is 4.32. The van der Waals surface area contributed by atoms with Crippen molar-refractivity contribution in [1.82, 2.24) is 5.32 Å². The quantitative estimate of drug-likeness (QED) is 0.446. The van der Waals surface area contributed by atoms with Crippen molar-refractivity contribution in [2.75, 3.05) is 7.11 Å². The third-order valence-electron chi connectivity index (χ3n) is 5.01. The van der Waals surface area contributed by atoms with E-state index in [9.17, 15) is 9.59 Å². The van der Waals surface area contributed by atoms with Gasteiger partial charge in [-0.25, -0.2) is 0 Å². The average molecular weight is 293 g/mol. The van der Waals surface area contributed by atoms with Crippen LogP contribution >= 0.6 is 0 Å². The van der Waals surface area contributed by atoms with Gasteiger partial charge >= 0.3 is 5.97 Å². The fourth-order valence-corrected chi connectivity index (χ4v) is 4.05. The standard InChI is InChI=1S/C17H27NO3/c1-12(19)18-17-14-10-9-13(11-14)15(17)7-5-3-4-6-8-16(20)21-2/h3,5,13-15,17H,4,6-11H2,1-2H3,(H,18,19)/b5-3+. The van der Waals surface area contributed by atoms with Gasteiger partial charge in [-0.2, -0.15) is 0 Å². The molecule has 0 heterocycles. The number of unbranched alkanes of at least 4 members (excludes halogenated alkanes) is 1. The van der Waals surface area contributed by atoms with Gasteiger partial charge in [0.25, 0.3) is 0 Å². The highest BCUT2D eigenvalue weighted by atomic mass is 16.5. The summed E-state index contributed by atoms with van der Waals surface area (Å²) in [5.74, 6) is 2.04. The molecule has 2 rings (SSSR count). The zero-order valence-corrected chi connectivity index (χ0v) is 13.1. The van der Waals surface area contributed by atoms with E-state index < -0.39 is 0 Å². The number of nitrogens with one attached hydrogen (secondary N) is 1. The summed E-state index contributed by atoms with van der Waals surface area (Å²) in [7, 11) is 1.43. The summed E-state index contributed by atoms with van der Waals surface area (Å²) in [6, 6.07) is 0.376. The van der Waals surface area contributed by atoms with E-state index in [4.69, 9.17) is 0 Å². The molecule has 4 heteroatoms. The molecule has 0 aromatic rings. The number of methoxy groups -OCH3 is 1. The van der Waals surface area contributed by atoms with Crippen molar-refractivity contribution in [1.29, 1.82) is 0 Å². The van der Waals surface area contributed by atoms with Crippen LogP contribution in [-0.2, 0) is 14.3 Å². The predicted octanol–water partition coefficient (Wildman–Crippen LogP) is 2.83. The second-order valence-electron chi connectivity index (χ2n) is 6.40. The molecule has 2 fully saturated rings. The lowest BCUT2D eigenvalue weighted by Gasteiger charge is -2.30. The molecule has 2 bridgehead atoms. The summed E-state index contributed by atoms with van der Waals surface area (Å²) in [6.07, 6.45) is 11.6. The SMILES string of the molecule is COC(=O)CCC/C=C/CC1C2CCC(C2)C1NC(C)=O. The molecule has 4 unspecified atom stereocenters. The molecule has 118 valence electrons. The number of fused-ring (bicyclic) bond motifs is 2. The Labute approximate surface area is 127 Å². The largest absolute Gasteiger partial charge is 0.469 e. The minimum absolute atomic E-state index is 0.0969. The molecule has 4 nitrogen and oxygen atoms in total. The number of esters is 1. The van der Waals surface area contributed by atoms with Crippen LogP contribution in [0.15, 0.2) is 12.2 Å². The highest BCUT2D eigenvalue weighted by molar-refractivity contribution is 5.73. The Hall–Kier alpha value is -1.32. The first kappa shape index (κ1) is 16.1. The van der Waals surface area contributed by atoms with Crippen molar-refractivity contribution in [2.45, 2.75) is 57.9 Å². The molecule has 2 aliphatic carbocycles. The summed E-state index contributed by atoms with van der Waals surface area (Å²) < 4.78 is 4.62. The Morgan fingerprint density at radius 3 is 2.71 bits per heavy atom. The number of rotatable bonds is 7. The van der Waals surface area contributed by atoms with Crippen LogP contribution in [0.1, 0.15) is 51.9 Å². The van der Waals surface area contributed by atoms with Gasteiger partial charge in [0.1, 0.15) is 0 Å². The maximum Gasteiger partial charge on any atom is 0.305 e. The molecule has 0 saturated heterocycles. The van der Waals surface area contributed by atoms with Gasteiger partial charge in [-0.05, 0) is 56.3 Å². The molecule has 0 aromatic heterocycles. The summed E-state index contributed by atoms with van der Waals surface area (Å²) >= 11 is 0. The van der Waals surface area contributed by atoms with E-state index in [1.165, 1.54) is 26.4 Å². The highest BCUT2D eigenvalue weighted by Crippen LogP contribution is 2.49. The fraction of sp³-hybridized carbons (Fsp3) is 0.765. The number of carbonyl (C=O) groups excluding carboxylic acids is 2. The van der Waals surface area contributed by atoms with Crippen molar-refractivity contribution >= 4 is 11.9 Å². The van der Waals surface area contributed by atoms with Crippen LogP contribution < -0.4 is 5.32 Å². The number of carbonyl (C=O) groups is 2. The zero-order valence-electron chi connectivity index (χ0n) is 13.1. The Morgan fingerprint density at radius 2 is 2.00 bits per heavy atom. The Kier molecular flexibility index (Phi) is 5.83. The second-order valence-corrected chi connectivity index (χ2v) is 6.40. The smallest absolute Gasteiger partial charge is 0.305 e. The molecule has 0 spiro atoms. The van der Waals surface area contributed by atoms with Gasteiger partial charge in [0.2, 0.25) is 5.91 Å². The number of ether oxygens (including phenoxy) is 1. The molecular formula is C17H27NO3. The maximum absolute atomic E-state index is 11.4. The zero-order chi connectivity index (χ0) is 15.2. The first-order chi connectivity index (χ1) is 10.1. The van der Waals surface area contributed by atoms with E-state index in [2.05, 4.69) is 22.2 Å². The van der Waals surface area contributed by atoms with E-state index in [1.807, 2.05) is 0 Å². The number of hydrogen-bond donors (Lipinski definition) is 1. The molecule has 0 radical (unpaired) electrons. The van der Waals surface area contributed by atoms with E-state index in [0.29, 0.717) is 24.3 Å². The van der Waals surface area contributed by atoms with E-state index in [-0.39, 0.29) is 11.9 Å². The van der Waals surface area contributed by atoms with Crippen molar-refractivity contribution in [2.24, 2.45) is 17.8 Å². The Bertz CT molecular complexity index is 405. The molecule has 0 aromatic carbocycles. The van der Waals surface area contributed by atoms with Crippen molar-refractivity contribution < 1.29 is 14.3 Å². The van der Waals surface area contributed by atoms with E-state index in [0.717, 1.165) is 25.2 Å². The van der Waals surface area contributed by atoms with Crippen LogP contribution in [0, 0.1) is 17.8 Å². The van der Waals surface area contributed by atoms with Crippen LogP contribution in [0.4, 0.5) is 0 Å². The minimum Gasteiger partial charge on any atom is -0.469 e. The number of amides is 1. The van der Waals surface area contributed by atoms with Crippen molar-refractivity contribution in [3.8, 4) is 0 Å². The molecule has 21 heavy (non-hydrogen) atoms. The second kappa shape index (κ2) is 7.62. The molecule has 4 atom stereocenters. The van der Waals surface area contributed by atoms with Crippen LogP contribution in [0.3, 0.4) is 0 Å². The van der Waals surface area contributed by atoms with E-state index in [1.54, 1.807) is 6.92 Å². The molecule has 0 aliphatic heterocycles. The molecular weight excluding hydrogens is 266 g/mol. The Morgan fingerprint density at radius 1 is 1.24 bits per heavy atom. The summed E-state index contributed by atoms with van der Waals surface area (Å²) in [6.45, 7) is 1.62. The van der Waals surface area contributed by atoms with Gasteiger partial charge < -0.3 is 10.1 Å². The van der Waals surface area contributed by atoms with Crippen molar-refractivity contribution in [3.63, 3.8) is 0 Å². The lowest BCUT2D eigenvalue weighted by Crippen LogP contribution is -2.42. The first-order valence-corrected chi connectivity index (χ1v) is 8.10. The average Bonchev–Trinajstić information content (AvgIpc) is 3.04. The van der Waals surface area contributed by atoms with Crippen molar-refractivity contribution in [3.05, 3.63) is 12.2 Å². The van der Waals surface area contributed by atoms with Gasteiger partial charge in [0, 0.05) is 19.4 Å². The predicted molar refractivity (Wildman–Crippen MR) is 81.5 cm³/mol. The Balaban J connectivity index is 1.73. The van der Waals surface area contributed by atoms with Crippen LogP contribution in [-0.4, -0.2) is 25.0 Å². The van der Waals surface area contributed by atoms with Gasteiger partial charge in [0.15, 0.2) is 0 Å². The molecule has 1 amide bonds. The van der Waals surface area contributed by atoms with Gasteiger partial charge in [-0.3, -0.25) is 9.59 Å². The van der Waals surface area contributed by atoms with Crippen LogP contribution in [0.25, 0.3) is 0 Å². The fourth-order valence-electron chi connectivity index (χ4n) is 4.05. The molecule has 1 N–H and O–H groups in total. The van der Waals surface area contributed by atoms with E-state index >= 15 is 0 Å². The van der Waals surface area contributed by atoms with Gasteiger partial charge in [0.05, 0.1) is 7.11 Å². The third-order valence-corrected chi connectivity index (χ3v) is 5.01. The summed E-state index contributed by atoms with van der Waals surface area (Å²) in [5.41, 5.74) is 0. The van der Waals surface area contributed by atoms with Crippen LogP contribution in [0.2, 0.25) is 0 Å². The minimum atomic E-state index is -0.137. The lowest BCUT2D eigenvalue weighted by molar-refractivity contribution is -0.140. The summed E-state index contributed by atoms with van der Waals surface area (Å²) in [5, 5.41) is 3.16. The molecule has 2 aliphatic rings. The van der Waals surface area contributed by atoms with Gasteiger partial charge in [-0.1, -0.05) is 12.2 Å². The van der Waals surface area contributed by atoms with Gasteiger partial charge in [-0.15, -0.1) is 0 Å². The number of allylic oxidation sites excluding steroid dienone is 2. The van der Waals surface area contributed by atoms with Crippen LogP contribution in [0.5, 0.6) is 0 Å². The lowest BCUT2D eigenvalue weighted by atomic mass is 9.82. The highest BCUT2D eigenvalue weighted by Gasteiger charge is 2.46.